The molecule has 554 valence electrons. The van der Waals surface area contributed by atoms with Gasteiger partial charge in [0.05, 0.1) is 32.0 Å². The highest BCUT2D eigenvalue weighted by molar-refractivity contribution is 5.76. The number of aliphatic hydroxyl groups excluding tert-OH is 8. The molecular weight excluding hydrogens is 1210 g/mol. The average Bonchev–Trinajstić information content (AvgIpc) is 0.797. The third kappa shape index (κ3) is 47.7. The van der Waals surface area contributed by atoms with Crippen molar-refractivity contribution >= 4 is 5.91 Å². The molecular formula is C82H143NO13. The van der Waals surface area contributed by atoms with Gasteiger partial charge < -0.3 is 65.1 Å². The van der Waals surface area contributed by atoms with E-state index in [2.05, 4.69) is 116 Å². The minimum absolute atomic E-state index is 0.257. The van der Waals surface area contributed by atoms with Crippen LogP contribution in [0.5, 0.6) is 0 Å². The fraction of sp³-hybridized carbons (Fsp3) is 0.768. The van der Waals surface area contributed by atoms with E-state index >= 15 is 0 Å². The molecule has 0 aromatic carbocycles. The summed E-state index contributed by atoms with van der Waals surface area (Å²) >= 11 is 0. The summed E-state index contributed by atoms with van der Waals surface area (Å²) in [4.78, 5) is 13.4. The molecule has 2 aliphatic heterocycles. The number of unbranched alkanes of at least 4 members (excludes halogenated alkanes) is 35. The topological polar surface area (TPSA) is 228 Å². The van der Waals surface area contributed by atoms with Gasteiger partial charge in [0.2, 0.25) is 5.91 Å². The van der Waals surface area contributed by atoms with Crippen molar-refractivity contribution in [3.8, 4) is 0 Å². The first-order chi connectivity index (χ1) is 47.1. The first-order valence-corrected chi connectivity index (χ1v) is 39.1. The van der Waals surface area contributed by atoms with E-state index in [1.165, 1.54) is 186 Å². The molecule has 0 aromatic rings. The molecule has 96 heavy (non-hydrogen) atoms. The predicted molar refractivity (Wildman–Crippen MR) is 396 cm³/mol. The Morgan fingerprint density at radius 3 is 1.15 bits per heavy atom. The van der Waals surface area contributed by atoms with E-state index in [-0.39, 0.29) is 18.9 Å². The molecule has 0 aromatic heterocycles. The van der Waals surface area contributed by atoms with Crippen LogP contribution in [0.2, 0.25) is 0 Å². The van der Waals surface area contributed by atoms with E-state index < -0.39 is 86.8 Å². The van der Waals surface area contributed by atoms with Gasteiger partial charge in [0.15, 0.2) is 12.6 Å². The van der Waals surface area contributed by atoms with Gasteiger partial charge in [-0.1, -0.05) is 316 Å². The molecule has 14 nitrogen and oxygen atoms in total. The predicted octanol–water partition coefficient (Wildman–Crippen LogP) is 17.5. The molecule has 2 aliphatic rings. The van der Waals surface area contributed by atoms with Crippen LogP contribution in [0.1, 0.15) is 309 Å². The molecule has 12 unspecified atom stereocenters. The van der Waals surface area contributed by atoms with Gasteiger partial charge in [0.1, 0.15) is 48.8 Å². The summed E-state index contributed by atoms with van der Waals surface area (Å²) in [5.41, 5.74) is 0. The highest BCUT2D eigenvalue weighted by Gasteiger charge is 2.51. The van der Waals surface area contributed by atoms with Crippen molar-refractivity contribution in [1.82, 2.24) is 5.32 Å². The molecule has 1 amide bonds. The summed E-state index contributed by atoms with van der Waals surface area (Å²) < 4.78 is 22.9. The lowest BCUT2D eigenvalue weighted by Crippen LogP contribution is -2.65. The minimum Gasteiger partial charge on any atom is -0.394 e. The first-order valence-electron chi connectivity index (χ1n) is 39.1. The van der Waals surface area contributed by atoms with Crippen LogP contribution in [0, 0.1) is 0 Å². The van der Waals surface area contributed by atoms with Gasteiger partial charge >= 0.3 is 0 Å². The smallest absolute Gasteiger partial charge is 0.220 e. The lowest BCUT2D eigenvalue weighted by atomic mass is 9.97. The fourth-order valence-electron chi connectivity index (χ4n) is 12.3. The second kappa shape index (κ2) is 65.0. The maximum Gasteiger partial charge on any atom is 0.220 e. The zero-order chi connectivity index (χ0) is 69.4. The van der Waals surface area contributed by atoms with E-state index in [1.54, 1.807) is 6.08 Å². The molecule has 0 bridgehead atoms. The fourth-order valence-corrected chi connectivity index (χ4v) is 12.3. The molecule has 2 fully saturated rings. The van der Waals surface area contributed by atoms with E-state index in [0.717, 1.165) is 89.9 Å². The maximum atomic E-state index is 13.4. The first kappa shape index (κ1) is 88.7. The molecule has 0 saturated carbocycles. The van der Waals surface area contributed by atoms with Crippen molar-refractivity contribution in [3.63, 3.8) is 0 Å². The van der Waals surface area contributed by atoms with Gasteiger partial charge in [-0.15, -0.1) is 0 Å². The zero-order valence-corrected chi connectivity index (χ0v) is 60.6. The Bertz CT molecular complexity index is 2030. The largest absolute Gasteiger partial charge is 0.394 e. The normalized spacial score (nSPS) is 22.9. The number of amides is 1. The Labute approximate surface area is 585 Å². The number of ether oxygens (including phenoxy) is 4. The molecule has 2 saturated heterocycles. The maximum absolute atomic E-state index is 13.4. The minimum atomic E-state index is -1.80. The number of carbonyl (C=O) groups excluding carboxylic acids is 1. The SMILES string of the molecule is CC/C=C\C/C=C\C/C=C\C/C=C\C/C=C\C/C=C\CCCCCCCCCCCCCCC(=O)NC(COC1OC(CO)C(OC2OC(CO)C(O)C(O)C2O)C(O)C1O)C(O)/C=C/CC/C=C/CC/C=C/CCCCCCCCCCCCCCCCCCCCCCC. The van der Waals surface area contributed by atoms with Crippen LogP contribution >= 0.6 is 0 Å². The third-order valence-electron chi connectivity index (χ3n) is 18.4. The second-order valence-corrected chi connectivity index (χ2v) is 27.1. The van der Waals surface area contributed by atoms with Crippen LogP contribution in [-0.2, 0) is 23.7 Å². The van der Waals surface area contributed by atoms with E-state index in [0.29, 0.717) is 12.8 Å². The molecule has 9 N–H and O–H groups in total. The highest BCUT2D eigenvalue weighted by atomic mass is 16.7. The van der Waals surface area contributed by atoms with Gasteiger partial charge in [0, 0.05) is 6.42 Å². The Morgan fingerprint density at radius 1 is 0.385 bits per heavy atom. The second-order valence-electron chi connectivity index (χ2n) is 27.1. The molecule has 0 radical (unpaired) electrons. The molecule has 2 heterocycles. The molecule has 14 heteroatoms. The summed E-state index contributed by atoms with van der Waals surface area (Å²) in [5, 5.41) is 87.6. The molecule has 0 spiro atoms. The number of nitrogens with one attached hydrogen (secondary N) is 1. The number of aliphatic hydroxyl groups is 8. The number of allylic oxidation sites excluding steroid dienone is 17. The summed E-state index contributed by atoms with van der Waals surface area (Å²) in [6.07, 6.45) is 77.3. The Hall–Kier alpha value is -3.35. The van der Waals surface area contributed by atoms with Crippen molar-refractivity contribution in [2.24, 2.45) is 0 Å². The average molecular weight is 1350 g/mol. The zero-order valence-electron chi connectivity index (χ0n) is 60.6. The van der Waals surface area contributed by atoms with Crippen molar-refractivity contribution < 1.29 is 64.6 Å². The molecule has 12 atom stereocenters. The highest BCUT2D eigenvalue weighted by Crippen LogP contribution is 2.30. The van der Waals surface area contributed by atoms with Gasteiger partial charge in [-0.2, -0.15) is 0 Å². The van der Waals surface area contributed by atoms with Crippen LogP contribution in [0.4, 0.5) is 0 Å². The van der Waals surface area contributed by atoms with Crippen LogP contribution in [0.15, 0.2) is 109 Å². The van der Waals surface area contributed by atoms with Crippen LogP contribution < -0.4 is 5.32 Å². The van der Waals surface area contributed by atoms with Gasteiger partial charge in [0.25, 0.3) is 0 Å². The summed E-state index contributed by atoms with van der Waals surface area (Å²) in [7, 11) is 0. The number of rotatable bonds is 64. The quantitative estimate of drug-likeness (QED) is 0.0204. The standard InChI is InChI=1S/C82H143NO13/c1-3-5-7-9-11-13-15-17-19-21-23-25-27-29-31-33-35-37-39-41-43-45-47-49-51-53-55-57-59-61-63-65-71(86)70(69-93-81-79(92)77(90)80(73(68-85)95-81)96-82-78(91)76(89)75(88)72(67-84)94-82)83-74(87)66-64-62-60-58-56-54-52-50-48-46-44-42-40-38-36-34-32-30-28-26-24-22-20-18-16-14-12-10-8-6-4-2/h6,8,12,14,18,20,24,26,30,32,36,38,47,49,55,57,63,65,70-73,75-82,84-86,88-92H,3-5,7,9-11,13,15-17,19,21-23,25,27-29,31,33-35,37,39-46,48,50-54,56,58-62,64,66-69H2,1-2H3,(H,83,87)/b8-6-,14-12-,20-18-,26-24-,32-30-,38-36-,49-47+,57-55+,65-63+. The van der Waals surface area contributed by atoms with Gasteiger partial charge in [-0.25, -0.2) is 0 Å². The number of hydrogen-bond acceptors (Lipinski definition) is 13. The van der Waals surface area contributed by atoms with E-state index in [1.807, 2.05) is 6.08 Å². The van der Waals surface area contributed by atoms with Crippen LogP contribution in [0.3, 0.4) is 0 Å². The van der Waals surface area contributed by atoms with E-state index in [4.69, 9.17) is 18.9 Å². The van der Waals surface area contributed by atoms with Crippen molar-refractivity contribution in [3.05, 3.63) is 109 Å². The number of carbonyl (C=O) groups is 1. The monoisotopic (exact) mass is 1350 g/mol. The summed E-state index contributed by atoms with van der Waals surface area (Å²) in [6, 6.07) is -0.948. The Kier molecular flexibility index (Phi) is 60.1. The van der Waals surface area contributed by atoms with Gasteiger partial charge in [-0.3, -0.25) is 4.79 Å². The van der Waals surface area contributed by atoms with Crippen LogP contribution in [-0.4, -0.2) is 140 Å². The van der Waals surface area contributed by atoms with Gasteiger partial charge in [-0.05, 0) is 96.3 Å². The number of hydrogen-bond donors (Lipinski definition) is 9. The summed E-state index contributed by atoms with van der Waals surface area (Å²) in [6.45, 7) is 2.69. The van der Waals surface area contributed by atoms with Crippen molar-refractivity contribution in [1.29, 1.82) is 0 Å². The Balaban J connectivity index is 1.66. The lowest BCUT2D eigenvalue weighted by Gasteiger charge is -2.46. The Morgan fingerprint density at radius 2 is 0.729 bits per heavy atom. The molecule has 0 aliphatic carbocycles. The van der Waals surface area contributed by atoms with Crippen molar-refractivity contribution in [2.75, 3.05) is 19.8 Å². The summed E-state index contributed by atoms with van der Waals surface area (Å²) in [5.74, 6) is -0.257. The lowest BCUT2D eigenvalue weighted by molar-refractivity contribution is -0.359. The third-order valence-corrected chi connectivity index (χ3v) is 18.4. The van der Waals surface area contributed by atoms with E-state index in [9.17, 15) is 45.6 Å². The van der Waals surface area contributed by atoms with Crippen molar-refractivity contribution in [2.45, 2.75) is 383 Å². The van der Waals surface area contributed by atoms with Crippen LogP contribution in [0.25, 0.3) is 0 Å². The molecule has 2 rings (SSSR count).